The summed E-state index contributed by atoms with van der Waals surface area (Å²) in [5, 5.41) is 2.73. The molecule has 2 N–H and O–H groups in total. The van der Waals surface area contributed by atoms with E-state index in [1.54, 1.807) is 0 Å². The average molecular weight is 287 g/mol. The highest BCUT2D eigenvalue weighted by atomic mass is 32.1. The molecule has 2 heterocycles. The first-order valence-corrected chi connectivity index (χ1v) is 7.69. The van der Waals surface area contributed by atoms with Crippen LogP contribution < -0.4 is 5.73 Å². The first-order chi connectivity index (χ1) is 9.79. The summed E-state index contributed by atoms with van der Waals surface area (Å²) in [6.45, 7) is 1.32. The molecule has 1 saturated heterocycles. The van der Waals surface area contributed by atoms with Crippen LogP contribution in [0.5, 0.6) is 0 Å². The predicted octanol–water partition coefficient (Wildman–Crippen LogP) is 2.37. The van der Waals surface area contributed by atoms with Crippen molar-refractivity contribution in [3.8, 4) is 10.6 Å². The predicted molar refractivity (Wildman–Crippen MR) is 80.7 cm³/mol. The van der Waals surface area contributed by atoms with Gasteiger partial charge in [0.05, 0.1) is 0 Å². The van der Waals surface area contributed by atoms with Crippen molar-refractivity contribution in [2.75, 3.05) is 13.1 Å². The summed E-state index contributed by atoms with van der Waals surface area (Å²) in [7, 11) is 0. The van der Waals surface area contributed by atoms with Crippen molar-refractivity contribution < 1.29 is 4.79 Å². The molecular formula is C15H17N3OS. The molecule has 4 nitrogen and oxygen atoms in total. The maximum Gasteiger partial charge on any atom is 0.273 e. The Morgan fingerprint density at radius 1 is 1.40 bits per heavy atom. The molecule has 0 radical (unpaired) electrons. The van der Waals surface area contributed by atoms with Gasteiger partial charge in [0, 0.05) is 30.1 Å². The lowest BCUT2D eigenvalue weighted by atomic mass is 10.2. The summed E-state index contributed by atoms with van der Waals surface area (Å²) in [5.41, 5.74) is 7.31. The Labute approximate surface area is 122 Å². The van der Waals surface area contributed by atoms with E-state index in [4.69, 9.17) is 5.73 Å². The minimum absolute atomic E-state index is 0.0105. The van der Waals surface area contributed by atoms with E-state index in [0.717, 1.165) is 30.0 Å². The second kappa shape index (κ2) is 5.73. The fraction of sp³-hybridized carbons (Fsp3) is 0.333. The van der Waals surface area contributed by atoms with Crippen molar-refractivity contribution in [2.45, 2.75) is 18.9 Å². The lowest BCUT2D eigenvalue weighted by Gasteiger charge is -2.22. The van der Waals surface area contributed by atoms with Gasteiger partial charge < -0.3 is 10.6 Å². The van der Waals surface area contributed by atoms with Gasteiger partial charge in [-0.05, 0) is 12.8 Å². The van der Waals surface area contributed by atoms with Gasteiger partial charge in [0.1, 0.15) is 10.7 Å². The fourth-order valence-corrected chi connectivity index (χ4v) is 3.38. The number of carbonyl (C=O) groups excluding carboxylic acids is 1. The Kier molecular flexibility index (Phi) is 3.80. The number of carbonyl (C=O) groups is 1. The molecule has 1 aliphatic heterocycles. The standard InChI is InChI=1S/C15H17N3OS/c16-9-12-7-4-8-18(12)15(19)13-10-20-14(17-13)11-5-2-1-3-6-11/h1-3,5-6,10,12H,4,7-9,16H2. The summed E-state index contributed by atoms with van der Waals surface area (Å²) in [6, 6.07) is 10.1. The van der Waals surface area contributed by atoms with Gasteiger partial charge in [0.25, 0.3) is 5.91 Å². The fourth-order valence-electron chi connectivity index (χ4n) is 2.58. The monoisotopic (exact) mass is 287 g/mol. The van der Waals surface area contributed by atoms with E-state index < -0.39 is 0 Å². The molecule has 0 aliphatic carbocycles. The molecule has 0 saturated carbocycles. The molecule has 1 aromatic carbocycles. The highest BCUT2D eigenvalue weighted by Crippen LogP contribution is 2.25. The maximum absolute atomic E-state index is 12.5. The summed E-state index contributed by atoms with van der Waals surface area (Å²) < 4.78 is 0. The van der Waals surface area contributed by atoms with Gasteiger partial charge >= 0.3 is 0 Å². The summed E-state index contributed by atoms with van der Waals surface area (Å²) >= 11 is 1.51. The van der Waals surface area contributed by atoms with Gasteiger partial charge in [-0.1, -0.05) is 30.3 Å². The second-order valence-corrected chi connectivity index (χ2v) is 5.79. The van der Waals surface area contributed by atoms with Gasteiger partial charge in [-0.2, -0.15) is 0 Å². The minimum atomic E-state index is 0.0105. The van der Waals surface area contributed by atoms with Crippen molar-refractivity contribution in [1.82, 2.24) is 9.88 Å². The van der Waals surface area contributed by atoms with Gasteiger partial charge in [-0.3, -0.25) is 4.79 Å². The van der Waals surface area contributed by atoms with Crippen molar-refractivity contribution in [2.24, 2.45) is 5.73 Å². The molecule has 1 unspecified atom stereocenters. The van der Waals surface area contributed by atoms with Crippen molar-refractivity contribution in [1.29, 1.82) is 0 Å². The lowest BCUT2D eigenvalue weighted by Crippen LogP contribution is -2.40. The van der Waals surface area contributed by atoms with E-state index in [1.165, 1.54) is 11.3 Å². The van der Waals surface area contributed by atoms with Crippen LogP contribution in [0.1, 0.15) is 23.3 Å². The number of aromatic nitrogens is 1. The third-order valence-corrected chi connectivity index (χ3v) is 4.55. The minimum Gasteiger partial charge on any atom is -0.333 e. The van der Waals surface area contributed by atoms with E-state index in [1.807, 2.05) is 40.6 Å². The Bertz CT molecular complexity index is 596. The largest absolute Gasteiger partial charge is 0.333 e. The highest BCUT2D eigenvalue weighted by molar-refractivity contribution is 7.13. The number of nitrogens with zero attached hydrogens (tertiary/aromatic N) is 2. The lowest BCUT2D eigenvalue weighted by molar-refractivity contribution is 0.0736. The highest BCUT2D eigenvalue weighted by Gasteiger charge is 2.29. The van der Waals surface area contributed by atoms with Gasteiger partial charge in [-0.15, -0.1) is 11.3 Å². The van der Waals surface area contributed by atoms with Crippen LogP contribution in [-0.2, 0) is 0 Å². The van der Waals surface area contributed by atoms with Crippen molar-refractivity contribution in [3.05, 3.63) is 41.4 Å². The number of likely N-dealkylation sites (tertiary alicyclic amines) is 1. The molecule has 1 fully saturated rings. The molecule has 5 heteroatoms. The number of hydrogen-bond donors (Lipinski definition) is 1. The van der Waals surface area contributed by atoms with Crippen LogP contribution in [0.25, 0.3) is 10.6 Å². The van der Waals surface area contributed by atoms with Crippen LogP contribution in [-0.4, -0.2) is 34.9 Å². The van der Waals surface area contributed by atoms with Crippen LogP contribution in [0.4, 0.5) is 0 Å². The van der Waals surface area contributed by atoms with E-state index in [0.29, 0.717) is 12.2 Å². The first kappa shape index (κ1) is 13.3. The van der Waals surface area contributed by atoms with E-state index >= 15 is 0 Å². The molecule has 1 amide bonds. The normalized spacial score (nSPS) is 18.4. The van der Waals surface area contributed by atoms with E-state index in [2.05, 4.69) is 4.98 Å². The molecule has 0 bridgehead atoms. The van der Waals surface area contributed by atoms with E-state index in [-0.39, 0.29) is 11.9 Å². The van der Waals surface area contributed by atoms with Crippen LogP contribution in [0, 0.1) is 0 Å². The summed E-state index contributed by atoms with van der Waals surface area (Å²) in [4.78, 5) is 18.8. The van der Waals surface area contributed by atoms with Crippen molar-refractivity contribution in [3.63, 3.8) is 0 Å². The van der Waals surface area contributed by atoms with Crippen LogP contribution >= 0.6 is 11.3 Å². The number of benzene rings is 1. The second-order valence-electron chi connectivity index (χ2n) is 4.93. The van der Waals surface area contributed by atoms with Crippen molar-refractivity contribution >= 4 is 17.2 Å². The number of thiazole rings is 1. The maximum atomic E-state index is 12.5. The third-order valence-electron chi connectivity index (χ3n) is 3.65. The zero-order valence-electron chi connectivity index (χ0n) is 11.2. The molecule has 1 atom stereocenters. The van der Waals surface area contributed by atoms with Crippen LogP contribution in [0.2, 0.25) is 0 Å². The topological polar surface area (TPSA) is 59.2 Å². The number of amides is 1. The quantitative estimate of drug-likeness (QED) is 0.943. The van der Waals surface area contributed by atoms with Crippen LogP contribution in [0.15, 0.2) is 35.7 Å². The molecule has 2 aromatic rings. The molecule has 3 rings (SSSR count). The summed E-state index contributed by atoms with van der Waals surface area (Å²) in [6.07, 6.45) is 2.03. The molecule has 0 spiro atoms. The van der Waals surface area contributed by atoms with E-state index in [9.17, 15) is 4.79 Å². The Hall–Kier alpha value is -1.72. The Morgan fingerprint density at radius 2 is 2.20 bits per heavy atom. The van der Waals surface area contributed by atoms with Crippen LogP contribution in [0.3, 0.4) is 0 Å². The molecule has 104 valence electrons. The molecule has 1 aliphatic rings. The number of rotatable bonds is 3. The molecular weight excluding hydrogens is 270 g/mol. The first-order valence-electron chi connectivity index (χ1n) is 6.81. The number of hydrogen-bond acceptors (Lipinski definition) is 4. The zero-order chi connectivity index (χ0) is 13.9. The zero-order valence-corrected chi connectivity index (χ0v) is 12.0. The van der Waals surface area contributed by atoms with Gasteiger partial charge in [0.15, 0.2) is 0 Å². The Balaban J connectivity index is 1.82. The SMILES string of the molecule is NCC1CCCN1C(=O)c1csc(-c2ccccc2)n1. The third kappa shape index (κ3) is 2.46. The molecule has 20 heavy (non-hydrogen) atoms. The van der Waals surface area contributed by atoms with Gasteiger partial charge in [0.2, 0.25) is 0 Å². The smallest absolute Gasteiger partial charge is 0.273 e. The summed E-state index contributed by atoms with van der Waals surface area (Å²) in [5.74, 6) is 0.0105. The Morgan fingerprint density at radius 3 is 2.95 bits per heavy atom. The average Bonchev–Trinajstić information content (AvgIpc) is 3.16. The van der Waals surface area contributed by atoms with Gasteiger partial charge in [-0.25, -0.2) is 4.98 Å². The number of nitrogens with two attached hydrogens (primary N) is 1. The molecule has 1 aromatic heterocycles.